The molecule has 0 saturated carbocycles. The summed E-state index contributed by atoms with van der Waals surface area (Å²) in [6.45, 7) is 5.84. The Morgan fingerprint density at radius 2 is 0.831 bits per heavy atom. The summed E-state index contributed by atoms with van der Waals surface area (Å²) in [5, 5.41) is 31.5. The molecule has 0 bridgehead atoms. The highest BCUT2D eigenvalue weighted by Crippen LogP contribution is 2.26. The molecule has 3 N–H and O–H groups in total. The normalized spacial score (nSPS) is 18.5. The fourth-order valence-corrected chi connectivity index (χ4v) is 9.05. The Bertz CT molecular complexity index is 1620. The summed E-state index contributed by atoms with van der Waals surface area (Å²) in [4.78, 5) is 51.2. The Kier molecular flexibility index (Phi) is 48.8. The highest BCUT2D eigenvalue weighted by Gasteiger charge is 2.50. The molecule has 12 heteroatoms. The van der Waals surface area contributed by atoms with E-state index in [-0.39, 0.29) is 25.9 Å². The number of carbonyl (C=O) groups excluding carboxylic acids is 3. The minimum absolute atomic E-state index is 0.0558. The van der Waals surface area contributed by atoms with Crippen LogP contribution >= 0.6 is 0 Å². The molecule has 6 atom stereocenters. The van der Waals surface area contributed by atoms with E-state index in [4.69, 9.17) is 23.7 Å². The first kappa shape index (κ1) is 71.2. The number of hydrogen-bond acceptors (Lipinski definition) is 11. The van der Waals surface area contributed by atoms with Crippen LogP contribution in [0.25, 0.3) is 0 Å². The zero-order chi connectivity index (χ0) is 56.1. The second kappa shape index (κ2) is 52.8. The number of esters is 3. The van der Waals surface area contributed by atoms with Crippen LogP contribution in [-0.4, -0.2) is 89.2 Å². The van der Waals surface area contributed by atoms with Gasteiger partial charge in [-0.15, -0.1) is 0 Å². The lowest BCUT2D eigenvalue weighted by atomic mass is 9.98. The van der Waals surface area contributed by atoms with E-state index < -0.39 is 67.3 Å². The van der Waals surface area contributed by atoms with Crippen molar-refractivity contribution in [2.45, 2.75) is 302 Å². The first-order valence-electron chi connectivity index (χ1n) is 30.9. The molecule has 6 unspecified atom stereocenters. The summed E-state index contributed by atoms with van der Waals surface area (Å²) in [5.74, 6) is -3.20. The van der Waals surface area contributed by atoms with Crippen LogP contribution in [-0.2, 0) is 42.9 Å². The van der Waals surface area contributed by atoms with E-state index in [9.17, 15) is 34.5 Å². The number of aliphatic carboxylic acids is 1. The summed E-state index contributed by atoms with van der Waals surface area (Å²) in [5.41, 5.74) is 0. The van der Waals surface area contributed by atoms with E-state index >= 15 is 0 Å². The van der Waals surface area contributed by atoms with Gasteiger partial charge in [0.25, 0.3) is 0 Å². The average Bonchev–Trinajstić information content (AvgIpc) is 3.42. The molecule has 77 heavy (non-hydrogen) atoms. The maximum Gasteiger partial charge on any atom is 0.335 e. The maximum absolute atomic E-state index is 13.2. The van der Waals surface area contributed by atoms with Crippen LogP contribution in [0.15, 0.2) is 72.9 Å². The molecule has 1 saturated heterocycles. The number of carbonyl (C=O) groups is 4. The van der Waals surface area contributed by atoms with E-state index in [0.29, 0.717) is 25.7 Å². The first-order valence-corrected chi connectivity index (χ1v) is 30.9. The van der Waals surface area contributed by atoms with E-state index in [2.05, 4.69) is 87.6 Å². The molecule has 0 spiro atoms. The molecule has 1 rings (SSSR count). The van der Waals surface area contributed by atoms with Gasteiger partial charge in [-0.05, 0) is 83.5 Å². The highest BCUT2D eigenvalue weighted by atomic mass is 16.7. The van der Waals surface area contributed by atoms with Crippen molar-refractivity contribution in [3.8, 4) is 0 Å². The zero-order valence-corrected chi connectivity index (χ0v) is 48.7. The predicted molar refractivity (Wildman–Crippen MR) is 312 cm³/mol. The lowest BCUT2D eigenvalue weighted by Crippen LogP contribution is -2.61. The SMILES string of the molecule is CC/C=C\C/C=C\C/C=C\C/C=C\C/C=C\CCCC(=O)OCC(COC1OC(C(=O)O)C(O)C(O)C1OC(=O)CCCCCCCCCCCCCCCCC)OC(=O)CCCCCCC/C=C\CCCCCCCC. The van der Waals surface area contributed by atoms with Crippen molar-refractivity contribution in [2.24, 2.45) is 0 Å². The summed E-state index contributed by atoms with van der Waals surface area (Å²) >= 11 is 0. The molecular formula is C65H110O12. The summed E-state index contributed by atoms with van der Waals surface area (Å²) in [7, 11) is 0. The number of aliphatic hydroxyl groups excluding tert-OH is 2. The third-order valence-electron chi connectivity index (χ3n) is 13.8. The van der Waals surface area contributed by atoms with Crippen molar-refractivity contribution in [2.75, 3.05) is 13.2 Å². The molecule has 0 aliphatic carbocycles. The van der Waals surface area contributed by atoms with Gasteiger partial charge in [0.15, 0.2) is 24.6 Å². The molecule has 12 nitrogen and oxygen atoms in total. The number of allylic oxidation sites excluding steroid dienone is 12. The average molecular weight is 1080 g/mol. The number of unbranched alkanes of at least 4 members (excludes halogenated alkanes) is 26. The van der Waals surface area contributed by atoms with Gasteiger partial charge in [0, 0.05) is 19.3 Å². The minimum atomic E-state index is -1.91. The lowest BCUT2D eigenvalue weighted by molar-refractivity contribution is -0.301. The van der Waals surface area contributed by atoms with Crippen LogP contribution in [0.3, 0.4) is 0 Å². The van der Waals surface area contributed by atoms with Crippen molar-refractivity contribution in [1.82, 2.24) is 0 Å². The predicted octanol–water partition coefficient (Wildman–Crippen LogP) is 16.1. The van der Waals surface area contributed by atoms with Gasteiger partial charge < -0.3 is 39.0 Å². The van der Waals surface area contributed by atoms with Crippen LogP contribution in [0, 0.1) is 0 Å². The number of carboxylic acids is 1. The van der Waals surface area contributed by atoms with Gasteiger partial charge in [0.05, 0.1) is 6.61 Å². The Morgan fingerprint density at radius 3 is 1.30 bits per heavy atom. The van der Waals surface area contributed by atoms with E-state index in [1.807, 2.05) is 6.08 Å². The first-order chi connectivity index (χ1) is 37.6. The summed E-state index contributed by atoms with van der Waals surface area (Å²) < 4.78 is 28.4. The van der Waals surface area contributed by atoms with Crippen molar-refractivity contribution in [1.29, 1.82) is 0 Å². The molecule has 1 aliphatic heterocycles. The van der Waals surface area contributed by atoms with Crippen LogP contribution in [0.4, 0.5) is 0 Å². The van der Waals surface area contributed by atoms with Crippen LogP contribution < -0.4 is 0 Å². The van der Waals surface area contributed by atoms with Gasteiger partial charge in [0.2, 0.25) is 0 Å². The van der Waals surface area contributed by atoms with Gasteiger partial charge >= 0.3 is 23.9 Å². The fourth-order valence-electron chi connectivity index (χ4n) is 9.05. The summed E-state index contributed by atoms with van der Waals surface area (Å²) in [6.07, 6.45) is 54.4. The quantitative estimate of drug-likeness (QED) is 0.0228. The van der Waals surface area contributed by atoms with Crippen molar-refractivity contribution < 1.29 is 58.2 Å². The molecule has 0 aromatic heterocycles. The Labute approximate surface area is 468 Å². The standard InChI is InChI=1S/C65H110O12/c1-4-7-10-13-16-19-22-25-28-29-32-33-36-39-42-45-48-51-57(66)73-54-56(75-58(67)52-49-46-43-40-37-34-30-26-23-20-17-14-11-8-5-2)55-74-65-63(61(70)60(69)62(77-65)64(71)72)76-59(68)53-50-47-44-41-38-35-31-27-24-21-18-15-12-9-6-3/h7,10,16,19,25-26,28,30,32-33,39,42,56,60-63,65,69-70H,4-6,8-9,11-15,17-18,20-24,27,29,31,34-38,40-41,43-55H2,1-3H3,(H,71,72)/b10-7-,19-16-,28-25-,30-26-,33-32-,42-39-. The Hall–Kier alpha value is -3.84. The molecule has 1 aliphatic rings. The number of rotatable bonds is 52. The molecule has 0 aromatic carbocycles. The van der Waals surface area contributed by atoms with Crippen LogP contribution in [0.2, 0.25) is 0 Å². The van der Waals surface area contributed by atoms with E-state index in [1.165, 1.54) is 103 Å². The topological polar surface area (TPSA) is 175 Å². The Balaban J connectivity index is 2.72. The second-order valence-electron chi connectivity index (χ2n) is 21.0. The number of hydrogen-bond donors (Lipinski definition) is 3. The van der Waals surface area contributed by atoms with Crippen molar-refractivity contribution in [3.05, 3.63) is 72.9 Å². The molecule has 442 valence electrons. The number of carboxylic acid groups (broad SMARTS) is 1. The van der Waals surface area contributed by atoms with Gasteiger partial charge in [-0.2, -0.15) is 0 Å². The van der Waals surface area contributed by atoms with Crippen molar-refractivity contribution >= 4 is 23.9 Å². The molecule has 1 fully saturated rings. The van der Waals surface area contributed by atoms with E-state index in [0.717, 1.165) is 96.3 Å². The van der Waals surface area contributed by atoms with Crippen LogP contribution in [0.5, 0.6) is 0 Å². The number of aliphatic hydroxyl groups is 2. The van der Waals surface area contributed by atoms with Crippen molar-refractivity contribution in [3.63, 3.8) is 0 Å². The van der Waals surface area contributed by atoms with E-state index in [1.54, 1.807) is 0 Å². The van der Waals surface area contributed by atoms with Gasteiger partial charge in [-0.3, -0.25) is 14.4 Å². The number of ether oxygens (including phenoxy) is 5. The molecular weight excluding hydrogens is 973 g/mol. The minimum Gasteiger partial charge on any atom is -0.479 e. The highest BCUT2D eigenvalue weighted by molar-refractivity contribution is 5.74. The molecule has 1 heterocycles. The van der Waals surface area contributed by atoms with Gasteiger partial charge in [0.1, 0.15) is 18.8 Å². The lowest BCUT2D eigenvalue weighted by Gasteiger charge is -2.40. The van der Waals surface area contributed by atoms with Crippen LogP contribution in [0.1, 0.15) is 265 Å². The fraction of sp³-hybridized carbons (Fsp3) is 0.754. The monoisotopic (exact) mass is 1080 g/mol. The zero-order valence-electron chi connectivity index (χ0n) is 48.7. The third kappa shape index (κ3) is 42.7. The maximum atomic E-state index is 13.2. The third-order valence-corrected chi connectivity index (χ3v) is 13.8. The van der Waals surface area contributed by atoms with Gasteiger partial charge in [-0.1, -0.05) is 235 Å². The van der Waals surface area contributed by atoms with Gasteiger partial charge in [-0.25, -0.2) is 4.79 Å². The molecule has 0 aromatic rings. The second-order valence-corrected chi connectivity index (χ2v) is 21.0. The molecule has 0 amide bonds. The molecule has 0 radical (unpaired) electrons. The smallest absolute Gasteiger partial charge is 0.335 e. The largest absolute Gasteiger partial charge is 0.479 e. The summed E-state index contributed by atoms with van der Waals surface area (Å²) in [6, 6.07) is 0. The Morgan fingerprint density at radius 1 is 0.442 bits per heavy atom.